The Labute approximate surface area is 322 Å². The van der Waals surface area contributed by atoms with Crippen molar-refractivity contribution in [3.05, 3.63) is 200 Å². The summed E-state index contributed by atoms with van der Waals surface area (Å²) in [4.78, 5) is 2.34. The van der Waals surface area contributed by atoms with Crippen molar-refractivity contribution in [1.29, 1.82) is 0 Å². The molecule has 0 atom stereocenters. The van der Waals surface area contributed by atoms with Gasteiger partial charge < -0.3 is 9.32 Å². The molecule has 2 aromatic heterocycles. The lowest BCUT2D eigenvalue weighted by atomic mass is 9.97. The smallest absolute Gasteiger partial charge is 0.160 e. The predicted octanol–water partition coefficient (Wildman–Crippen LogP) is 15.6. The first-order chi connectivity index (χ1) is 27.3. The van der Waals surface area contributed by atoms with E-state index in [1.165, 1.54) is 53.2 Å². The van der Waals surface area contributed by atoms with E-state index in [-0.39, 0.29) is 0 Å². The highest BCUT2D eigenvalue weighted by atomic mass is 32.1. The van der Waals surface area contributed by atoms with E-state index in [1.54, 1.807) is 0 Å². The number of nitrogens with zero attached hydrogens (tertiary/aromatic N) is 1. The molecule has 0 amide bonds. The second-order valence-corrected chi connectivity index (χ2v) is 15.1. The molecule has 11 rings (SSSR count). The molecular formula is C52H33NOS. The first kappa shape index (κ1) is 31.6. The SMILES string of the molecule is c1ccc(-c2ccc(N(c3ccc(-c4ccc5c(c4)sc4ccccc45)cc3)c3ccc(-c4cccc5ccccc45)cc3)c3oc4ccccc4c23)cc1. The van der Waals surface area contributed by atoms with Crippen LogP contribution in [0.1, 0.15) is 0 Å². The molecule has 0 radical (unpaired) electrons. The standard InChI is InChI=1S/C52H33NOS/c1-2-11-36(12-3-1)43-31-32-47(52-51(43)46-17-6-8-19-48(46)54-52)53(40-28-23-37(24-29-40)42-18-10-14-35-13-4-5-15-41(35)42)39-26-21-34(22-27-39)38-25-30-45-44-16-7-9-20-49(44)55-50(45)33-38/h1-33H. The van der Waals surface area contributed by atoms with Gasteiger partial charge in [-0.3, -0.25) is 0 Å². The minimum atomic E-state index is 0.861. The fourth-order valence-electron chi connectivity index (χ4n) is 8.25. The lowest BCUT2D eigenvalue weighted by molar-refractivity contribution is 0.669. The van der Waals surface area contributed by atoms with Crippen LogP contribution in [0, 0.1) is 0 Å². The number of benzene rings is 9. The van der Waals surface area contributed by atoms with Gasteiger partial charge in [0.2, 0.25) is 0 Å². The fraction of sp³-hybridized carbons (Fsp3) is 0. The van der Waals surface area contributed by atoms with Crippen molar-refractivity contribution in [2.24, 2.45) is 0 Å². The van der Waals surface area contributed by atoms with Crippen LogP contribution in [0.3, 0.4) is 0 Å². The average molecular weight is 720 g/mol. The summed E-state index contributed by atoms with van der Waals surface area (Å²) in [5, 5.41) is 7.35. The van der Waals surface area contributed by atoms with Gasteiger partial charge in [0.05, 0.1) is 5.69 Å². The number of anilines is 3. The van der Waals surface area contributed by atoms with Crippen molar-refractivity contribution in [3.63, 3.8) is 0 Å². The normalized spacial score (nSPS) is 11.6. The van der Waals surface area contributed by atoms with Crippen molar-refractivity contribution in [2.75, 3.05) is 4.90 Å². The lowest BCUT2D eigenvalue weighted by Gasteiger charge is -2.26. The summed E-state index contributed by atoms with van der Waals surface area (Å²) in [6.07, 6.45) is 0. The molecule has 3 heteroatoms. The van der Waals surface area contributed by atoms with Gasteiger partial charge in [0.25, 0.3) is 0 Å². The summed E-state index contributed by atoms with van der Waals surface area (Å²) in [7, 11) is 0. The Morgan fingerprint density at radius 3 is 1.82 bits per heavy atom. The van der Waals surface area contributed by atoms with Crippen LogP contribution in [0.5, 0.6) is 0 Å². The fourth-order valence-corrected chi connectivity index (χ4v) is 9.40. The topological polar surface area (TPSA) is 16.4 Å². The molecule has 0 spiro atoms. The minimum absolute atomic E-state index is 0.861. The van der Waals surface area contributed by atoms with Crippen LogP contribution >= 0.6 is 11.3 Å². The van der Waals surface area contributed by atoms with Crippen LogP contribution in [-0.2, 0) is 0 Å². The third kappa shape index (κ3) is 5.32. The van der Waals surface area contributed by atoms with Gasteiger partial charge in [-0.15, -0.1) is 11.3 Å². The summed E-state index contributed by atoms with van der Waals surface area (Å²) in [5.74, 6) is 0. The van der Waals surface area contributed by atoms with Crippen LogP contribution in [0.25, 0.3) is 86.3 Å². The Morgan fingerprint density at radius 2 is 1.00 bits per heavy atom. The van der Waals surface area contributed by atoms with Crippen LogP contribution in [0.4, 0.5) is 17.1 Å². The van der Waals surface area contributed by atoms with Gasteiger partial charge in [0.15, 0.2) is 5.58 Å². The second-order valence-electron chi connectivity index (χ2n) is 14.1. The molecule has 11 aromatic rings. The molecule has 2 nitrogen and oxygen atoms in total. The number of hydrogen-bond donors (Lipinski definition) is 0. The highest BCUT2D eigenvalue weighted by molar-refractivity contribution is 7.25. The third-order valence-corrected chi connectivity index (χ3v) is 12.0. The van der Waals surface area contributed by atoms with Gasteiger partial charge in [-0.05, 0) is 92.7 Å². The van der Waals surface area contributed by atoms with Gasteiger partial charge in [-0.1, -0.05) is 152 Å². The quantitative estimate of drug-likeness (QED) is 0.170. The molecule has 0 aliphatic rings. The molecule has 0 N–H and O–H groups in total. The maximum atomic E-state index is 6.83. The van der Waals surface area contributed by atoms with E-state index < -0.39 is 0 Å². The Bertz CT molecular complexity index is 3190. The number of furan rings is 1. The lowest BCUT2D eigenvalue weighted by Crippen LogP contribution is -2.10. The summed E-state index contributed by atoms with van der Waals surface area (Å²) < 4.78 is 9.46. The molecule has 0 unspecified atom stereocenters. The zero-order valence-electron chi connectivity index (χ0n) is 29.8. The molecule has 0 fully saturated rings. The summed E-state index contributed by atoms with van der Waals surface area (Å²) >= 11 is 1.86. The van der Waals surface area contributed by atoms with Crippen molar-refractivity contribution in [2.45, 2.75) is 0 Å². The Hall–Kier alpha value is -6.94. The van der Waals surface area contributed by atoms with Crippen LogP contribution in [0.15, 0.2) is 205 Å². The molecule has 0 aliphatic carbocycles. The summed E-state index contributed by atoms with van der Waals surface area (Å²) in [6.45, 7) is 0. The zero-order valence-corrected chi connectivity index (χ0v) is 30.6. The van der Waals surface area contributed by atoms with E-state index in [0.717, 1.165) is 50.1 Å². The van der Waals surface area contributed by atoms with Gasteiger partial charge in [-0.2, -0.15) is 0 Å². The first-order valence-corrected chi connectivity index (χ1v) is 19.5. The number of fused-ring (bicyclic) bond motifs is 7. The number of para-hydroxylation sites is 1. The third-order valence-electron chi connectivity index (χ3n) is 10.9. The van der Waals surface area contributed by atoms with Gasteiger partial charge >= 0.3 is 0 Å². The van der Waals surface area contributed by atoms with Crippen LogP contribution < -0.4 is 4.90 Å². The monoisotopic (exact) mass is 719 g/mol. The number of thiophene rings is 1. The summed E-state index contributed by atoms with van der Waals surface area (Å²) in [6, 6.07) is 72.0. The molecule has 9 aromatic carbocycles. The van der Waals surface area contributed by atoms with Crippen molar-refractivity contribution in [3.8, 4) is 33.4 Å². The largest absolute Gasteiger partial charge is 0.454 e. The van der Waals surface area contributed by atoms with Crippen molar-refractivity contribution >= 4 is 81.3 Å². The number of rotatable bonds is 6. The minimum Gasteiger partial charge on any atom is -0.454 e. The zero-order chi connectivity index (χ0) is 36.3. The van der Waals surface area contributed by atoms with Crippen molar-refractivity contribution < 1.29 is 4.42 Å². The molecular weight excluding hydrogens is 687 g/mol. The maximum Gasteiger partial charge on any atom is 0.160 e. The van der Waals surface area contributed by atoms with E-state index in [4.69, 9.17) is 4.42 Å². The van der Waals surface area contributed by atoms with E-state index >= 15 is 0 Å². The Balaban J connectivity index is 1.08. The highest BCUT2D eigenvalue weighted by Gasteiger charge is 2.22. The van der Waals surface area contributed by atoms with E-state index in [2.05, 4.69) is 199 Å². The molecule has 0 saturated carbocycles. The van der Waals surface area contributed by atoms with Gasteiger partial charge in [-0.25, -0.2) is 0 Å². The number of hydrogen-bond acceptors (Lipinski definition) is 3. The molecule has 55 heavy (non-hydrogen) atoms. The second kappa shape index (κ2) is 12.9. The first-order valence-electron chi connectivity index (χ1n) is 18.7. The van der Waals surface area contributed by atoms with E-state index in [0.29, 0.717) is 0 Å². The molecule has 0 aliphatic heterocycles. The molecule has 2 heterocycles. The summed E-state index contributed by atoms with van der Waals surface area (Å²) in [5.41, 5.74) is 12.0. The van der Waals surface area contributed by atoms with Crippen LogP contribution in [-0.4, -0.2) is 0 Å². The Morgan fingerprint density at radius 1 is 0.382 bits per heavy atom. The highest BCUT2D eigenvalue weighted by Crippen LogP contribution is 2.46. The van der Waals surface area contributed by atoms with Gasteiger partial charge in [0, 0.05) is 42.3 Å². The molecule has 0 saturated heterocycles. The van der Waals surface area contributed by atoms with E-state index in [1.807, 2.05) is 17.4 Å². The average Bonchev–Trinajstić information content (AvgIpc) is 3.83. The molecule has 258 valence electrons. The Kier molecular flexibility index (Phi) is 7.39. The van der Waals surface area contributed by atoms with Crippen LogP contribution in [0.2, 0.25) is 0 Å². The molecule has 0 bridgehead atoms. The van der Waals surface area contributed by atoms with Crippen molar-refractivity contribution in [1.82, 2.24) is 0 Å². The predicted molar refractivity (Wildman–Crippen MR) is 235 cm³/mol. The van der Waals surface area contributed by atoms with E-state index in [9.17, 15) is 0 Å². The maximum absolute atomic E-state index is 6.83. The van der Waals surface area contributed by atoms with Gasteiger partial charge in [0.1, 0.15) is 5.58 Å².